The highest BCUT2D eigenvalue weighted by Crippen LogP contribution is 2.16. The zero-order valence-electron chi connectivity index (χ0n) is 23.7. The zero-order chi connectivity index (χ0) is 26.7. The van der Waals surface area contributed by atoms with E-state index in [4.69, 9.17) is 14.2 Å². The van der Waals surface area contributed by atoms with Crippen molar-refractivity contribution in [1.29, 1.82) is 0 Å². The van der Waals surface area contributed by atoms with E-state index in [-0.39, 0.29) is 16.7 Å². The average molecular weight is 505 g/mol. The lowest BCUT2D eigenvalue weighted by Gasteiger charge is -2.22. The van der Waals surface area contributed by atoms with Crippen molar-refractivity contribution < 1.29 is 23.8 Å². The largest absolute Gasteiger partial charge is 0.462 e. The first kappa shape index (κ1) is 32.1. The summed E-state index contributed by atoms with van der Waals surface area (Å²) < 4.78 is 16.6. The van der Waals surface area contributed by atoms with Crippen LogP contribution in [0.15, 0.2) is 24.3 Å². The molecule has 0 bridgehead atoms. The van der Waals surface area contributed by atoms with Gasteiger partial charge in [-0.3, -0.25) is 0 Å². The monoisotopic (exact) mass is 504 g/mol. The molecule has 1 aromatic carbocycles. The third-order valence-electron chi connectivity index (χ3n) is 6.16. The van der Waals surface area contributed by atoms with Gasteiger partial charge in [-0.05, 0) is 46.2 Å². The number of ether oxygens (including phenoxy) is 3. The first-order valence-electron chi connectivity index (χ1n) is 14.4. The van der Waals surface area contributed by atoms with E-state index in [1.165, 1.54) is 77.0 Å². The molecule has 0 N–H and O–H groups in total. The number of carbonyl (C=O) groups is 2. The van der Waals surface area contributed by atoms with Crippen LogP contribution in [0.25, 0.3) is 0 Å². The molecule has 206 valence electrons. The fourth-order valence-corrected chi connectivity index (χ4v) is 4.03. The smallest absolute Gasteiger partial charge is 0.339 e. The number of rotatable bonds is 20. The van der Waals surface area contributed by atoms with Crippen LogP contribution in [0.4, 0.5) is 0 Å². The van der Waals surface area contributed by atoms with Gasteiger partial charge in [0.15, 0.2) is 0 Å². The SMILES string of the molecule is CCCCCCCCCCCCCCCCOC(=O)c1ccccc1C(=O)OC(C)COC(C)(C)C. The molecule has 0 spiro atoms. The summed E-state index contributed by atoms with van der Waals surface area (Å²) in [5.41, 5.74) is 0.165. The van der Waals surface area contributed by atoms with Gasteiger partial charge in [0.1, 0.15) is 6.10 Å². The van der Waals surface area contributed by atoms with Crippen LogP contribution in [0.3, 0.4) is 0 Å². The van der Waals surface area contributed by atoms with Crippen LogP contribution < -0.4 is 0 Å². The summed E-state index contributed by atoms with van der Waals surface area (Å²) in [6.45, 7) is 10.6. The van der Waals surface area contributed by atoms with Crippen molar-refractivity contribution in [2.45, 2.75) is 136 Å². The van der Waals surface area contributed by atoms with Crippen LogP contribution in [0.1, 0.15) is 145 Å². The summed E-state index contributed by atoms with van der Waals surface area (Å²) >= 11 is 0. The normalized spacial score (nSPS) is 12.4. The predicted octanol–water partition coefficient (Wildman–Crippen LogP) is 8.69. The predicted molar refractivity (Wildman–Crippen MR) is 148 cm³/mol. The van der Waals surface area contributed by atoms with Crippen LogP contribution in [0, 0.1) is 0 Å². The fraction of sp³-hybridized carbons (Fsp3) is 0.742. The van der Waals surface area contributed by atoms with Crippen LogP contribution in [0.2, 0.25) is 0 Å². The van der Waals surface area contributed by atoms with Crippen LogP contribution in [-0.4, -0.2) is 36.9 Å². The molecule has 0 aliphatic carbocycles. The molecule has 0 saturated heterocycles. The van der Waals surface area contributed by atoms with Crippen molar-refractivity contribution in [2.24, 2.45) is 0 Å². The third kappa shape index (κ3) is 16.0. The third-order valence-corrected chi connectivity index (χ3v) is 6.16. The molecular weight excluding hydrogens is 452 g/mol. The van der Waals surface area contributed by atoms with Gasteiger partial charge in [-0.15, -0.1) is 0 Å². The second-order valence-corrected chi connectivity index (χ2v) is 10.9. The molecule has 0 aliphatic rings. The summed E-state index contributed by atoms with van der Waals surface area (Å²) in [5.74, 6) is -1.01. The standard InChI is InChI=1S/C31H52O5/c1-6-7-8-9-10-11-12-13-14-15-16-17-18-21-24-34-29(32)27-22-19-20-23-28(27)30(33)36-26(2)25-35-31(3,4)5/h19-20,22-23,26H,6-18,21,24-25H2,1-5H3. The first-order chi connectivity index (χ1) is 17.2. The number of hydrogen-bond donors (Lipinski definition) is 0. The molecule has 1 rings (SSSR count). The Morgan fingerprint density at radius 2 is 1.17 bits per heavy atom. The van der Waals surface area contributed by atoms with E-state index in [0.29, 0.717) is 13.2 Å². The lowest BCUT2D eigenvalue weighted by Crippen LogP contribution is -2.28. The molecule has 0 aromatic heterocycles. The molecule has 0 radical (unpaired) electrons. The van der Waals surface area contributed by atoms with Crippen molar-refractivity contribution in [3.05, 3.63) is 35.4 Å². The second kappa shape index (κ2) is 19.3. The number of esters is 2. The molecule has 0 saturated carbocycles. The Morgan fingerprint density at radius 3 is 1.64 bits per heavy atom. The van der Waals surface area contributed by atoms with E-state index >= 15 is 0 Å². The Morgan fingerprint density at radius 1 is 0.722 bits per heavy atom. The van der Waals surface area contributed by atoms with Crippen molar-refractivity contribution in [1.82, 2.24) is 0 Å². The fourth-order valence-electron chi connectivity index (χ4n) is 4.03. The minimum absolute atomic E-state index is 0.228. The van der Waals surface area contributed by atoms with Crippen molar-refractivity contribution in [3.63, 3.8) is 0 Å². The average Bonchev–Trinajstić information content (AvgIpc) is 2.84. The second-order valence-electron chi connectivity index (χ2n) is 10.9. The number of carbonyl (C=O) groups excluding carboxylic acids is 2. The topological polar surface area (TPSA) is 61.8 Å². The summed E-state index contributed by atoms with van der Waals surface area (Å²) in [6, 6.07) is 6.66. The van der Waals surface area contributed by atoms with E-state index in [2.05, 4.69) is 6.92 Å². The maximum absolute atomic E-state index is 12.6. The maximum Gasteiger partial charge on any atom is 0.339 e. The van der Waals surface area contributed by atoms with Crippen molar-refractivity contribution in [3.8, 4) is 0 Å². The maximum atomic E-state index is 12.6. The molecule has 0 heterocycles. The Kier molecular flexibility index (Phi) is 17.2. The number of benzene rings is 1. The number of hydrogen-bond acceptors (Lipinski definition) is 5. The minimum atomic E-state index is -0.538. The Balaban J connectivity index is 2.19. The van der Waals surface area contributed by atoms with Gasteiger partial charge < -0.3 is 14.2 Å². The Hall–Kier alpha value is -1.88. The molecule has 0 aliphatic heterocycles. The Labute approximate surface area is 220 Å². The lowest BCUT2D eigenvalue weighted by molar-refractivity contribution is -0.0531. The van der Waals surface area contributed by atoms with Gasteiger partial charge in [-0.25, -0.2) is 9.59 Å². The summed E-state index contributed by atoms with van der Waals surface area (Å²) in [5, 5.41) is 0. The quantitative estimate of drug-likeness (QED) is 0.131. The summed E-state index contributed by atoms with van der Waals surface area (Å²) in [6.07, 6.45) is 17.6. The van der Waals surface area contributed by atoms with E-state index in [0.717, 1.165) is 12.8 Å². The molecule has 5 heteroatoms. The van der Waals surface area contributed by atoms with Gasteiger partial charge in [0.25, 0.3) is 0 Å². The molecule has 5 nitrogen and oxygen atoms in total. The molecule has 1 atom stereocenters. The molecule has 1 aromatic rings. The van der Waals surface area contributed by atoms with E-state index in [9.17, 15) is 9.59 Å². The van der Waals surface area contributed by atoms with Gasteiger partial charge in [0, 0.05) is 0 Å². The van der Waals surface area contributed by atoms with Crippen LogP contribution in [0.5, 0.6) is 0 Å². The zero-order valence-corrected chi connectivity index (χ0v) is 23.7. The molecule has 0 amide bonds. The molecule has 1 unspecified atom stereocenters. The molecule has 36 heavy (non-hydrogen) atoms. The van der Waals surface area contributed by atoms with Crippen molar-refractivity contribution >= 4 is 11.9 Å². The van der Waals surface area contributed by atoms with Crippen LogP contribution in [-0.2, 0) is 14.2 Å². The van der Waals surface area contributed by atoms with Gasteiger partial charge in [0.2, 0.25) is 0 Å². The van der Waals surface area contributed by atoms with E-state index in [1.807, 2.05) is 20.8 Å². The van der Waals surface area contributed by atoms with E-state index < -0.39 is 18.0 Å². The minimum Gasteiger partial charge on any atom is -0.462 e. The first-order valence-corrected chi connectivity index (χ1v) is 14.4. The van der Waals surface area contributed by atoms with E-state index in [1.54, 1.807) is 31.2 Å². The Bertz CT molecular complexity index is 722. The highest BCUT2D eigenvalue weighted by atomic mass is 16.6. The lowest BCUT2D eigenvalue weighted by atomic mass is 10.0. The van der Waals surface area contributed by atoms with Gasteiger partial charge in [-0.2, -0.15) is 0 Å². The van der Waals surface area contributed by atoms with Gasteiger partial charge >= 0.3 is 11.9 Å². The summed E-state index contributed by atoms with van der Waals surface area (Å²) in [7, 11) is 0. The van der Waals surface area contributed by atoms with Crippen molar-refractivity contribution in [2.75, 3.05) is 13.2 Å². The highest BCUT2D eigenvalue weighted by molar-refractivity contribution is 6.03. The van der Waals surface area contributed by atoms with Gasteiger partial charge in [-0.1, -0.05) is 103 Å². The van der Waals surface area contributed by atoms with Gasteiger partial charge in [0.05, 0.1) is 29.9 Å². The summed E-state index contributed by atoms with van der Waals surface area (Å²) in [4.78, 5) is 25.2. The number of unbranched alkanes of at least 4 members (excludes halogenated alkanes) is 13. The highest BCUT2D eigenvalue weighted by Gasteiger charge is 2.21. The molecular formula is C31H52O5. The van der Waals surface area contributed by atoms with Crippen LogP contribution >= 0.6 is 0 Å². The molecule has 0 fully saturated rings.